The molecule has 0 saturated carbocycles. The molecule has 4 nitrogen and oxygen atoms in total. The van der Waals surface area contributed by atoms with Crippen molar-refractivity contribution < 1.29 is 18.4 Å². The third kappa shape index (κ3) is 4.47. The van der Waals surface area contributed by atoms with Crippen LogP contribution in [0.1, 0.15) is 27.0 Å². The monoisotopic (exact) mass is 380 g/mol. The maximum atomic E-state index is 13.6. The van der Waals surface area contributed by atoms with E-state index in [0.717, 1.165) is 11.1 Å². The largest absolute Gasteiger partial charge is 0.503 e. The number of aryl methyl sites for hydroxylation is 3. The minimum Gasteiger partial charge on any atom is -0.411 e. The minimum absolute atomic E-state index is 0.318. The Morgan fingerprint density at radius 1 is 0.704 bits per heavy atom. The van der Waals surface area contributed by atoms with Gasteiger partial charge in [0.1, 0.15) is 11.5 Å². The first-order chi connectivity index (χ1) is 12.9. The lowest BCUT2D eigenvalue weighted by molar-refractivity contribution is 0.104. The van der Waals surface area contributed by atoms with Crippen molar-refractivity contribution in [1.29, 1.82) is 0 Å². The number of carbonyl (C=O) groups excluding carboxylic acids is 1. The first-order valence-electron chi connectivity index (χ1n) is 8.60. The second-order valence-electron chi connectivity index (χ2n) is 6.43. The standard InChI is InChI=1S/C22H21O4P/c1-16-8-12-19(13-9-16)25-27(24,26-20-14-10-17(2)11-15-20)22(23)21-7-5-4-6-18(21)3/h4-15H,1-3H3. The Hall–Kier alpha value is -2.84. The topological polar surface area (TPSA) is 52.6 Å². The molecule has 0 aromatic heterocycles. The van der Waals surface area contributed by atoms with Gasteiger partial charge in [-0.15, -0.1) is 0 Å². The van der Waals surface area contributed by atoms with Crippen LogP contribution >= 0.6 is 7.60 Å². The molecule has 5 heteroatoms. The Labute approximate surface area is 159 Å². The zero-order valence-electron chi connectivity index (χ0n) is 15.5. The number of hydrogen-bond donors (Lipinski definition) is 0. The highest BCUT2D eigenvalue weighted by Crippen LogP contribution is 2.51. The molecule has 3 aromatic rings. The highest BCUT2D eigenvalue weighted by Gasteiger charge is 2.40. The molecular weight excluding hydrogens is 359 g/mol. The normalized spacial score (nSPS) is 11.1. The maximum Gasteiger partial charge on any atom is 0.503 e. The van der Waals surface area contributed by atoms with Gasteiger partial charge in [0.2, 0.25) is 0 Å². The van der Waals surface area contributed by atoms with Crippen molar-refractivity contribution in [2.24, 2.45) is 0 Å². The molecule has 0 heterocycles. The van der Waals surface area contributed by atoms with Gasteiger partial charge in [-0.2, -0.15) is 0 Å². The summed E-state index contributed by atoms with van der Waals surface area (Å²) in [5, 5.41) is 0. The van der Waals surface area contributed by atoms with Gasteiger partial charge in [0.25, 0.3) is 5.52 Å². The van der Waals surface area contributed by atoms with E-state index in [-0.39, 0.29) is 0 Å². The van der Waals surface area contributed by atoms with Crippen LogP contribution in [-0.2, 0) is 4.57 Å². The number of carbonyl (C=O) groups is 1. The predicted octanol–water partition coefficient (Wildman–Crippen LogP) is 6.10. The fourth-order valence-electron chi connectivity index (χ4n) is 2.54. The van der Waals surface area contributed by atoms with Crippen molar-refractivity contribution in [3.8, 4) is 11.5 Å². The molecule has 0 fully saturated rings. The smallest absolute Gasteiger partial charge is 0.411 e. The summed E-state index contributed by atoms with van der Waals surface area (Å²) in [6.07, 6.45) is 0. The SMILES string of the molecule is Cc1ccc(OP(=O)(Oc2ccc(C)cc2)C(=O)c2ccccc2C)cc1. The molecule has 3 aromatic carbocycles. The number of benzene rings is 3. The van der Waals surface area contributed by atoms with Crippen LogP contribution in [0.3, 0.4) is 0 Å². The lowest BCUT2D eigenvalue weighted by Gasteiger charge is -2.19. The molecule has 0 N–H and O–H groups in total. The van der Waals surface area contributed by atoms with Crippen LogP contribution in [0.25, 0.3) is 0 Å². The van der Waals surface area contributed by atoms with Gasteiger partial charge in [-0.25, -0.2) is 4.57 Å². The quantitative estimate of drug-likeness (QED) is 0.485. The molecule has 0 atom stereocenters. The Kier molecular flexibility index (Phi) is 5.48. The summed E-state index contributed by atoms with van der Waals surface area (Å²) in [6.45, 7) is 5.66. The Morgan fingerprint density at radius 2 is 1.15 bits per heavy atom. The van der Waals surface area contributed by atoms with E-state index in [9.17, 15) is 9.36 Å². The molecule has 0 saturated heterocycles. The van der Waals surface area contributed by atoms with E-state index in [1.807, 2.05) is 44.2 Å². The van der Waals surface area contributed by atoms with Crippen molar-refractivity contribution >= 4 is 13.1 Å². The van der Waals surface area contributed by atoms with Gasteiger partial charge in [0.15, 0.2) is 0 Å². The molecule has 27 heavy (non-hydrogen) atoms. The molecule has 0 unspecified atom stereocenters. The van der Waals surface area contributed by atoms with E-state index in [0.29, 0.717) is 22.6 Å². The van der Waals surface area contributed by atoms with Crippen LogP contribution < -0.4 is 9.05 Å². The fraction of sp³-hybridized carbons (Fsp3) is 0.136. The Balaban J connectivity index is 2.00. The highest BCUT2D eigenvalue weighted by molar-refractivity contribution is 7.73. The molecule has 0 radical (unpaired) electrons. The Morgan fingerprint density at radius 3 is 1.59 bits per heavy atom. The maximum absolute atomic E-state index is 13.6. The van der Waals surface area contributed by atoms with Crippen LogP contribution in [0.5, 0.6) is 11.5 Å². The van der Waals surface area contributed by atoms with Crippen LogP contribution in [-0.4, -0.2) is 5.52 Å². The zero-order chi connectivity index (χ0) is 19.4. The fourth-order valence-corrected chi connectivity index (χ4v) is 4.09. The van der Waals surface area contributed by atoms with E-state index >= 15 is 0 Å². The van der Waals surface area contributed by atoms with Gasteiger partial charge in [-0.05, 0) is 50.6 Å². The molecule has 0 amide bonds. The number of rotatable bonds is 6. The first kappa shape index (κ1) is 18.9. The molecule has 0 spiro atoms. The highest BCUT2D eigenvalue weighted by atomic mass is 31.2. The first-order valence-corrected chi connectivity index (χ1v) is 10.1. The molecule has 3 rings (SSSR count). The summed E-state index contributed by atoms with van der Waals surface area (Å²) >= 11 is 0. The van der Waals surface area contributed by atoms with E-state index < -0.39 is 13.1 Å². The second-order valence-corrected chi connectivity index (χ2v) is 8.19. The van der Waals surface area contributed by atoms with Crippen LogP contribution in [0.15, 0.2) is 72.8 Å². The predicted molar refractivity (Wildman–Crippen MR) is 107 cm³/mol. The zero-order valence-corrected chi connectivity index (χ0v) is 16.4. The van der Waals surface area contributed by atoms with E-state index in [1.165, 1.54) is 0 Å². The average molecular weight is 380 g/mol. The van der Waals surface area contributed by atoms with Gasteiger partial charge >= 0.3 is 7.60 Å². The summed E-state index contributed by atoms with van der Waals surface area (Å²) < 4.78 is 24.9. The van der Waals surface area contributed by atoms with Crippen LogP contribution in [0.2, 0.25) is 0 Å². The third-order valence-electron chi connectivity index (χ3n) is 4.12. The van der Waals surface area contributed by atoms with Gasteiger partial charge in [0, 0.05) is 5.56 Å². The summed E-state index contributed by atoms with van der Waals surface area (Å²) in [4.78, 5) is 13.1. The van der Waals surface area contributed by atoms with Crippen molar-refractivity contribution in [2.75, 3.05) is 0 Å². The van der Waals surface area contributed by atoms with Crippen molar-refractivity contribution in [3.63, 3.8) is 0 Å². The van der Waals surface area contributed by atoms with E-state index in [2.05, 4.69) is 0 Å². The molecule has 0 aliphatic rings. The van der Waals surface area contributed by atoms with Crippen molar-refractivity contribution in [2.45, 2.75) is 20.8 Å². The summed E-state index contributed by atoms with van der Waals surface area (Å²) in [5.41, 5.74) is 2.42. The molecular formula is C22H21O4P. The van der Waals surface area contributed by atoms with Crippen molar-refractivity contribution in [1.82, 2.24) is 0 Å². The second kappa shape index (κ2) is 7.81. The van der Waals surface area contributed by atoms with Gasteiger partial charge in [-0.3, -0.25) is 4.79 Å². The van der Waals surface area contributed by atoms with Crippen molar-refractivity contribution in [3.05, 3.63) is 95.1 Å². The van der Waals surface area contributed by atoms with Gasteiger partial charge < -0.3 is 9.05 Å². The Bertz CT molecular complexity index is 940. The molecule has 0 aliphatic heterocycles. The third-order valence-corrected chi connectivity index (χ3v) is 5.76. The van der Waals surface area contributed by atoms with Crippen LogP contribution in [0.4, 0.5) is 0 Å². The number of hydrogen-bond acceptors (Lipinski definition) is 4. The van der Waals surface area contributed by atoms with E-state index in [1.54, 1.807) is 49.4 Å². The molecule has 0 aliphatic carbocycles. The molecule has 138 valence electrons. The summed E-state index contributed by atoms with van der Waals surface area (Å²) in [7, 11) is -4.17. The lowest BCUT2D eigenvalue weighted by atomic mass is 10.1. The minimum atomic E-state index is -4.17. The van der Waals surface area contributed by atoms with E-state index in [4.69, 9.17) is 9.05 Å². The van der Waals surface area contributed by atoms with Crippen LogP contribution in [0, 0.1) is 20.8 Å². The lowest BCUT2D eigenvalue weighted by Crippen LogP contribution is -2.13. The average Bonchev–Trinajstić information content (AvgIpc) is 2.65. The van der Waals surface area contributed by atoms with Gasteiger partial charge in [-0.1, -0.05) is 59.7 Å². The molecule has 0 bridgehead atoms. The van der Waals surface area contributed by atoms with Gasteiger partial charge in [0.05, 0.1) is 0 Å². The summed E-state index contributed by atoms with van der Waals surface area (Å²) in [5.74, 6) is 0.635. The summed E-state index contributed by atoms with van der Waals surface area (Å²) in [6, 6.07) is 20.9.